The van der Waals surface area contributed by atoms with Crippen molar-refractivity contribution in [2.24, 2.45) is 5.16 Å². The molecule has 4 amide bonds. The van der Waals surface area contributed by atoms with E-state index in [1.54, 1.807) is 34.0 Å². The number of allylic oxidation sites excluding steroid dienone is 1. The minimum absolute atomic E-state index is 0.0182. The largest absolute Gasteiger partial charge is 0.508 e. The first-order chi connectivity index (χ1) is 23.9. The van der Waals surface area contributed by atoms with E-state index in [1.165, 1.54) is 35.4 Å². The SMILES string of the molecule is Nc1nc(/C(=N/O)C(=O)N[C@@H]2C(=O)N3C(C(=O)O)=C(/C=C4\CCN(Cc5cc[n+](CC(=O)Nc6ccc(O)cc6F)cc5)C4=O)CS[C@H]23)cs1. The molecule has 2 fully saturated rings. The Hall–Kier alpha value is -5.82. The summed E-state index contributed by atoms with van der Waals surface area (Å²) in [6, 6.07) is 5.79. The highest BCUT2D eigenvalue weighted by atomic mass is 32.2. The molecule has 16 nitrogen and oxygen atoms in total. The molecule has 3 aromatic rings. The number of thioether (sulfide) groups is 1. The fourth-order valence-electron chi connectivity index (χ4n) is 5.62. The van der Waals surface area contributed by atoms with Crippen molar-refractivity contribution in [3.63, 3.8) is 0 Å². The topological polar surface area (TPSA) is 232 Å². The van der Waals surface area contributed by atoms with Gasteiger partial charge in [-0.05, 0) is 35.8 Å². The van der Waals surface area contributed by atoms with Gasteiger partial charge in [-0.3, -0.25) is 24.1 Å². The Morgan fingerprint density at radius 1 is 1.20 bits per heavy atom. The molecule has 0 radical (unpaired) electrons. The first-order valence-corrected chi connectivity index (χ1v) is 16.8. The van der Waals surface area contributed by atoms with E-state index in [0.717, 1.165) is 27.9 Å². The number of hydrogen-bond acceptors (Lipinski definition) is 12. The van der Waals surface area contributed by atoms with Gasteiger partial charge in [-0.1, -0.05) is 5.16 Å². The maximum absolute atomic E-state index is 13.9. The molecule has 258 valence electrons. The number of nitrogen functional groups attached to an aromatic ring is 1. The number of nitrogens with one attached hydrogen (secondary N) is 2. The number of phenolic OH excluding ortho intramolecular Hbond substituents is 1. The number of carboxylic acid groups (broad SMARTS) is 1. The number of aromatic nitrogens is 2. The summed E-state index contributed by atoms with van der Waals surface area (Å²) < 4.78 is 15.5. The second-order valence-corrected chi connectivity index (χ2v) is 13.3. The number of rotatable bonds is 10. The number of amides is 4. The summed E-state index contributed by atoms with van der Waals surface area (Å²) in [5.41, 5.74) is 6.25. The predicted molar refractivity (Wildman–Crippen MR) is 176 cm³/mol. The molecule has 2 atom stereocenters. The number of aliphatic carboxylic acids is 1. The van der Waals surface area contributed by atoms with Gasteiger partial charge in [0.05, 0.1) is 5.69 Å². The fraction of sp³-hybridized carbons (Fsp3) is 0.226. The number of β-lactam (4-membered cyclic amide) rings is 1. The van der Waals surface area contributed by atoms with Gasteiger partial charge >= 0.3 is 5.97 Å². The van der Waals surface area contributed by atoms with Crippen LogP contribution in [0.2, 0.25) is 0 Å². The molecule has 3 aliphatic heterocycles. The number of pyridine rings is 1. The number of phenols is 1. The molecule has 19 heteroatoms. The minimum Gasteiger partial charge on any atom is -0.508 e. The Balaban J connectivity index is 1.08. The summed E-state index contributed by atoms with van der Waals surface area (Å²) in [6.45, 7) is 0.521. The molecule has 6 rings (SSSR count). The number of fused-ring (bicyclic) bond motifs is 1. The minimum atomic E-state index is -1.36. The summed E-state index contributed by atoms with van der Waals surface area (Å²) in [5, 5.41) is 37.5. The van der Waals surface area contributed by atoms with Crippen LogP contribution >= 0.6 is 23.1 Å². The standard InChI is InChI=1S/C31H27FN8O8S2/c32-19-10-18(41)1-2-20(19)34-22(42)12-38-6-3-15(4-7-38)11-39-8-5-16(27(39)44)9-17-13-49-29-24(28(45)40(29)25(17)30(46)47)36-26(43)23(37-48)21-14-50-31(33)35-21/h1-4,6-7,9-10,14,24,29H,5,8,11-13H2,(H6-,33,34,35,36,37,41,42,43,46,47,48)/p+1/b16-9+/t24-,29-/m1/s1. The molecule has 0 saturated carbocycles. The van der Waals surface area contributed by atoms with Gasteiger partial charge in [0.25, 0.3) is 17.7 Å². The van der Waals surface area contributed by atoms with Crippen LogP contribution in [0.15, 0.2) is 76.2 Å². The zero-order valence-corrected chi connectivity index (χ0v) is 27.4. The highest BCUT2D eigenvalue weighted by molar-refractivity contribution is 8.00. The molecule has 0 aliphatic carbocycles. The molecule has 0 unspecified atom stereocenters. The summed E-state index contributed by atoms with van der Waals surface area (Å²) in [5.74, 6) is -4.58. The molecule has 2 aromatic heterocycles. The van der Waals surface area contributed by atoms with Gasteiger partial charge in [0.2, 0.25) is 12.5 Å². The number of halogens is 1. The Labute approximate surface area is 290 Å². The number of nitrogens with zero attached hydrogens (tertiary/aromatic N) is 5. The second kappa shape index (κ2) is 14.0. The number of thiazole rings is 1. The Kier molecular flexibility index (Phi) is 9.51. The average Bonchev–Trinajstić information content (AvgIpc) is 3.66. The number of hydrogen-bond donors (Lipinski definition) is 6. The third kappa shape index (κ3) is 6.85. The van der Waals surface area contributed by atoms with Crippen LogP contribution < -0.4 is 20.9 Å². The smallest absolute Gasteiger partial charge is 0.352 e. The molecular weight excluding hydrogens is 696 g/mol. The number of nitrogens with two attached hydrogens (primary N) is 1. The molecule has 1 aromatic carbocycles. The lowest BCUT2D eigenvalue weighted by atomic mass is 10.0. The van der Waals surface area contributed by atoms with E-state index >= 15 is 0 Å². The van der Waals surface area contributed by atoms with E-state index < -0.39 is 46.6 Å². The number of carboxylic acids is 1. The van der Waals surface area contributed by atoms with Crippen molar-refractivity contribution in [2.75, 3.05) is 23.3 Å². The first kappa shape index (κ1) is 34.1. The van der Waals surface area contributed by atoms with Crippen LogP contribution in [0.5, 0.6) is 5.75 Å². The van der Waals surface area contributed by atoms with Crippen molar-refractivity contribution in [3.05, 3.63) is 88.1 Å². The van der Waals surface area contributed by atoms with Gasteiger partial charge in [-0.15, -0.1) is 23.1 Å². The van der Waals surface area contributed by atoms with E-state index in [1.807, 2.05) is 0 Å². The highest BCUT2D eigenvalue weighted by Crippen LogP contribution is 2.41. The normalized spacial score (nSPS) is 19.8. The molecule has 0 spiro atoms. The van der Waals surface area contributed by atoms with E-state index in [2.05, 4.69) is 20.8 Å². The summed E-state index contributed by atoms with van der Waals surface area (Å²) in [4.78, 5) is 70.5. The maximum Gasteiger partial charge on any atom is 0.352 e. The Morgan fingerprint density at radius 2 is 1.96 bits per heavy atom. The van der Waals surface area contributed by atoms with Crippen LogP contribution in [0.3, 0.4) is 0 Å². The van der Waals surface area contributed by atoms with Crippen LogP contribution in [0, 0.1) is 5.82 Å². The lowest BCUT2D eigenvalue weighted by Crippen LogP contribution is -2.71. The molecular formula is C31H28FN8O8S2+. The maximum atomic E-state index is 13.9. The molecule has 5 heterocycles. The first-order valence-electron chi connectivity index (χ1n) is 14.8. The lowest BCUT2D eigenvalue weighted by molar-refractivity contribution is -0.684. The quantitative estimate of drug-likeness (QED) is 0.0325. The van der Waals surface area contributed by atoms with Gasteiger partial charge in [0, 0.05) is 48.0 Å². The third-order valence-electron chi connectivity index (χ3n) is 8.01. The van der Waals surface area contributed by atoms with Crippen LogP contribution in [0.25, 0.3) is 0 Å². The molecule has 2 saturated heterocycles. The van der Waals surface area contributed by atoms with Crippen LogP contribution in [0.4, 0.5) is 15.2 Å². The van der Waals surface area contributed by atoms with Gasteiger partial charge in [0.1, 0.15) is 34.4 Å². The lowest BCUT2D eigenvalue weighted by Gasteiger charge is -2.49. The van der Waals surface area contributed by atoms with Crippen molar-refractivity contribution < 1.29 is 48.4 Å². The fourth-order valence-corrected chi connectivity index (χ4v) is 7.47. The van der Waals surface area contributed by atoms with E-state index in [4.69, 9.17) is 5.73 Å². The number of likely N-dealkylation sites (tertiary alicyclic amines) is 1. The second-order valence-electron chi connectivity index (χ2n) is 11.3. The van der Waals surface area contributed by atoms with Crippen LogP contribution in [-0.4, -0.2) is 89.2 Å². The average molecular weight is 724 g/mol. The van der Waals surface area contributed by atoms with Gasteiger partial charge < -0.3 is 36.7 Å². The zero-order chi connectivity index (χ0) is 35.7. The van der Waals surface area contributed by atoms with Crippen molar-refractivity contribution in [1.29, 1.82) is 0 Å². The van der Waals surface area contributed by atoms with Crippen molar-refractivity contribution in [3.8, 4) is 5.75 Å². The molecule has 0 bridgehead atoms. The van der Waals surface area contributed by atoms with E-state index in [9.17, 15) is 43.8 Å². The van der Waals surface area contributed by atoms with Crippen molar-refractivity contribution >= 4 is 69.2 Å². The molecule has 3 aliphatic rings. The van der Waals surface area contributed by atoms with Crippen molar-refractivity contribution in [2.45, 2.75) is 30.9 Å². The van der Waals surface area contributed by atoms with E-state index in [0.29, 0.717) is 18.5 Å². The Bertz CT molecular complexity index is 2010. The van der Waals surface area contributed by atoms with Gasteiger partial charge in [0.15, 0.2) is 23.2 Å². The summed E-state index contributed by atoms with van der Waals surface area (Å²) in [6.07, 6.45) is 5.14. The number of benzene rings is 1. The summed E-state index contributed by atoms with van der Waals surface area (Å²) >= 11 is 2.24. The van der Waals surface area contributed by atoms with Crippen LogP contribution in [-0.2, 0) is 37.1 Å². The Morgan fingerprint density at radius 3 is 2.62 bits per heavy atom. The highest BCUT2D eigenvalue weighted by Gasteiger charge is 2.54. The number of oxime groups is 1. The molecule has 7 N–H and O–H groups in total. The predicted octanol–water partition coefficient (Wildman–Crippen LogP) is 0.772. The van der Waals surface area contributed by atoms with Crippen molar-refractivity contribution in [1.82, 2.24) is 20.1 Å². The number of anilines is 2. The summed E-state index contributed by atoms with van der Waals surface area (Å²) in [7, 11) is 0. The zero-order valence-electron chi connectivity index (χ0n) is 25.8. The number of carbonyl (C=O) groups is 5. The van der Waals surface area contributed by atoms with Gasteiger partial charge in [-0.2, -0.15) is 4.57 Å². The number of carbonyl (C=O) groups excluding carboxylic acids is 4. The van der Waals surface area contributed by atoms with Crippen LogP contribution in [0.1, 0.15) is 17.7 Å². The molecule has 50 heavy (non-hydrogen) atoms. The third-order valence-corrected chi connectivity index (χ3v) is 9.99. The van der Waals surface area contributed by atoms with E-state index in [-0.39, 0.29) is 58.3 Å². The van der Waals surface area contributed by atoms with Gasteiger partial charge in [-0.25, -0.2) is 14.2 Å². The monoisotopic (exact) mass is 723 g/mol. The number of aromatic hydroxyl groups is 1.